The molecule has 3 N–H and O–H groups in total. The standard InChI is InChI=1S/C14H23NO2/c1-3-9-14(2,11-17)15-13(10-16)12-7-5-4-6-8-12/h4-8,13,15-17H,3,9-11H2,1-2H3. The summed E-state index contributed by atoms with van der Waals surface area (Å²) >= 11 is 0. The molecule has 2 atom stereocenters. The third-order valence-electron chi connectivity index (χ3n) is 3.06. The number of aliphatic hydroxyl groups excluding tert-OH is 2. The fraction of sp³-hybridized carbons (Fsp3) is 0.571. The van der Waals surface area contributed by atoms with Crippen LogP contribution in [0.2, 0.25) is 0 Å². The Morgan fingerprint density at radius 3 is 2.35 bits per heavy atom. The average molecular weight is 237 g/mol. The minimum Gasteiger partial charge on any atom is -0.394 e. The maximum absolute atomic E-state index is 9.46. The van der Waals surface area contributed by atoms with Gasteiger partial charge in [0.2, 0.25) is 0 Å². The maximum atomic E-state index is 9.46. The summed E-state index contributed by atoms with van der Waals surface area (Å²) < 4.78 is 0. The normalized spacial score (nSPS) is 16.5. The summed E-state index contributed by atoms with van der Waals surface area (Å²) in [7, 11) is 0. The monoisotopic (exact) mass is 237 g/mol. The highest BCUT2D eigenvalue weighted by molar-refractivity contribution is 5.19. The molecule has 2 unspecified atom stereocenters. The highest BCUT2D eigenvalue weighted by Crippen LogP contribution is 2.19. The molecule has 0 spiro atoms. The van der Waals surface area contributed by atoms with Crippen LogP contribution < -0.4 is 5.32 Å². The Bertz CT molecular complexity index is 315. The lowest BCUT2D eigenvalue weighted by atomic mass is 9.94. The summed E-state index contributed by atoms with van der Waals surface area (Å²) in [6.07, 6.45) is 1.88. The fourth-order valence-electron chi connectivity index (χ4n) is 2.09. The Balaban J connectivity index is 2.75. The van der Waals surface area contributed by atoms with Crippen molar-refractivity contribution >= 4 is 0 Å². The van der Waals surface area contributed by atoms with E-state index >= 15 is 0 Å². The Morgan fingerprint density at radius 2 is 1.88 bits per heavy atom. The van der Waals surface area contributed by atoms with Crippen LogP contribution in [0.4, 0.5) is 0 Å². The van der Waals surface area contributed by atoms with Gasteiger partial charge in [0.25, 0.3) is 0 Å². The lowest BCUT2D eigenvalue weighted by Crippen LogP contribution is -2.48. The summed E-state index contributed by atoms with van der Waals surface area (Å²) in [5, 5.41) is 22.3. The SMILES string of the molecule is CCCC(C)(CO)NC(CO)c1ccccc1. The Hall–Kier alpha value is -0.900. The highest BCUT2D eigenvalue weighted by atomic mass is 16.3. The van der Waals surface area contributed by atoms with Gasteiger partial charge < -0.3 is 15.5 Å². The van der Waals surface area contributed by atoms with E-state index in [2.05, 4.69) is 12.2 Å². The van der Waals surface area contributed by atoms with Crippen molar-refractivity contribution in [3.63, 3.8) is 0 Å². The molecule has 3 nitrogen and oxygen atoms in total. The molecule has 17 heavy (non-hydrogen) atoms. The van der Waals surface area contributed by atoms with E-state index in [1.165, 1.54) is 0 Å². The van der Waals surface area contributed by atoms with E-state index in [9.17, 15) is 10.2 Å². The first-order valence-electron chi connectivity index (χ1n) is 6.19. The van der Waals surface area contributed by atoms with Crippen LogP contribution in [0.25, 0.3) is 0 Å². The van der Waals surface area contributed by atoms with Crippen LogP contribution >= 0.6 is 0 Å². The van der Waals surface area contributed by atoms with E-state index < -0.39 is 0 Å². The van der Waals surface area contributed by atoms with Crippen molar-refractivity contribution in [2.24, 2.45) is 0 Å². The van der Waals surface area contributed by atoms with Crippen molar-refractivity contribution in [3.8, 4) is 0 Å². The average Bonchev–Trinajstić information content (AvgIpc) is 2.37. The summed E-state index contributed by atoms with van der Waals surface area (Å²) in [5.74, 6) is 0. The zero-order chi connectivity index (χ0) is 12.7. The summed E-state index contributed by atoms with van der Waals surface area (Å²) in [5.41, 5.74) is 0.712. The molecule has 0 bridgehead atoms. The molecule has 3 heteroatoms. The number of benzene rings is 1. The third-order valence-corrected chi connectivity index (χ3v) is 3.06. The van der Waals surface area contributed by atoms with Crippen molar-refractivity contribution in [3.05, 3.63) is 35.9 Å². The second-order valence-corrected chi connectivity index (χ2v) is 4.76. The van der Waals surface area contributed by atoms with Crippen LogP contribution in [-0.4, -0.2) is 29.0 Å². The van der Waals surface area contributed by atoms with Gasteiger partial charge in [0.1, 0.15) is 0 Å². The largest absolute Gasteiger partial charge is 0.394 e. The van der Waals surface area contributed by atoms with Crippen LogP contribution in [0, 0.1) is 0 Å². The van der Waals surface area contributed by atoms with Gasteiger partial charge in [-0.15, -0.1) is 0 Å². The van der Waals surface area contributed by atoms with Crippen molar-refractivity contribution in [2.45, 2.75) is 38.3 Å². The van der Waals surface area contributed by atoms with Gasteiger partial charge in [-0.05, 0) is 18.9 Å². The van der Waals surface area contributed by atoms with E-state index in [0.29, 0.717) is 0 Å². The molecule has 0 aliphatic heterocycles. The first-order chi connectivity index (χ1) is 8.15. The van der Waals surface area contributed by atoms with Gasteiger partial charge in [-0.3, -0.25) is 0 Å². The van der Waals surface area contributed by atoms with Crippen molar-refractivity contribution in [1.82, 2.24) is 5.32 Å². The van der Waals surface area contributed by atoms with E-state index in [4.69, 9.17) is 0 Å². The zero-order valence-electron chi connectivity index (χ0n) is 10.7. The van der Waals surface area contributed by atoms with Crippen LogP contribution in [0.5, 0.6) is 0 Å². The molecule has 0 aromatic heterocycles. The topological polar surface area (TPSA) is 52.5 Å². The molecule has 1 aromatic carbocycles. The second-order valence-electron chi connectivity index (χ2n) is 4.76. The Kier molecular flexibility index (Phi) is 5.62. The zero-order valence-corrected chi connectivity index (χ0v) is 10.7. The molecule has 0 fully saturated rings. The molecule has 0 heterocycles. The molecule has 1 aromatic rings. The maximum Gasteiger partial charge on any atom is 0.0626 e. The molecule has 0 amide bonds. The van der Waals surface area contributed by atoms with Crippen LogP contribution in [0.1, 0.15) is 38.3 Å². The van der Waals surface area contributed by atoms with Crippen molar-refractivity contribution in [1.29, 1.82) is 0 Å². The van der Waals surface area contributed by atoms with E-state index in [-0.39, 0.29) is 24.8 Å². The second kappa shape index (κ2) is 6.74. The molecule has 0 saturated carbocycles. The van der Waals surface area contributed by atoms with Crippen molar-refractivity contribution in [2.75, 3.05) is 13.2 Å². The van der Waals surface area contributed by atoms with E-state index in [1.807, 2.05) is 37.3 Å². The molecule has 0 aliphatic rings. The predicted octanol–water partition coefficient (Wildman–Crippen LogP) is 1.86. The summed E-state index contributed by atoms with van der Waals surface area (Å²) in [6, 6.07) is 9.70. The number of aliphatic hydroxyl groups is 2. The van der Waals surface area contributed by atoms with E-state index in [1.54, 1.807) is 0 Å². The fourth-order valence-corrected chi connectivity index (χ4v) is 2.09. The molecule has 0 saturated heterocycles. The number of nitrogens with one attached hydrogen (secondary N) is 1. The highest BCUT2D eigenvalue weighted by Gasteiger charge is 2.25. The Morgan fingerprint density at radius 1 is 1.24 bits per heavy atom. The predicted molar refractivity (Wildman–Crippen MR) is 69.8 cm³/mol. The summed E-state index contributed by atoms with van der Waals surface area (Å²) in [4.78, 5) is 0. The molecular formula is C14H23NO2. The molecular weight excluding hydrogens is 214 g/mol. The van der Waals surface area contributed by atoms with Gasteiger partial charge in [-0.1, -0.05) is 43.7 Å². The number of hydrogen-bond acceptors (Lipinski definition) is 3. The quantitative estimate of drug-likeness (QED) is 0.678. The minimum absolute atomic E-state index is 0.0311. The molecule has 0 aliphatic carbocycles. The molecule has 1 rings (SSSR count). The smallest absolute Gasteiger partial charge is 0.0626 e. The van der Waals surface area contributed by atoms with E-state index in [0.717, 1.165) is 18.4 Å². The van der Waals surface area contributed by atoms with Gasteiger partial charge in [-0.25, -0.2) is 0 Å². The van der Waals surface area contributed by atoms with Crippen LogP contribution in [0.3, 0.4) is 0 Å². The minimum atomic E-state index is -0.335. The van der Waals surface area contributed by atoms with Crippen molar-refractivity contribution < 1.29 is 10.2 Å². The van der Waals surface area contributed by atoms with Crippen LogP contribution in [-0.2, 0) is 0 Å². The van der Waals surface area contributed by atoms with Gasteiger partial charge in [0.05, 0.1) is 19.3 Å². The van der Waals surface area contributed by atoms with Gasteiger partial charge in [0.15, 0.2) is 0 Å². The first-order valence-corrected chi connectivity index (χ1v) is 6.19. The van der Waals surface area contributed by atoms with Gasteiger partial charge >= 0.3 is 0 Å². The first kappa shape index (κ1) is 14.2. The molecule has 96 valence electrons. The summed E-state index contributed by atoms with van der Waals surface area (Å²) in [6.45, 7) is 4.18. The lowest BCUT2D eigenvalue weighted by Gasteiger charge is -2.33. The van der Waals surface area contributed by atoms with Gasteiger partial charge in [0, 0.05) is 5.54 Å². The number of rotatable bonds is 7. The van der Waals surface area contributed by atoms with Crippen LogP contribution in [0.15, 0.2) is 30.3 Å². The lowest BCUT2D eigenvalue weighted by molar-refractivity contribution is 0.130. The van der Waals surface area contributed by atoms with Gasteiger partial charge in [-0.2, -0.15) is 0 Å². The third kappa shape index (κ3) is 4.11. The number of hydrogen-bond donors (Lipinski definition) is 3. The Labute approximate surface area is 103 Å². The molecule has 0 radical (unpaired) electrons.